The third-order valence-electron chi connectivity index (χ3n) is 3.93. The number of anilines is 1. The molecule has 0 amide bonds. The van der Waals surface area contributed by atoms with Crippen molar-refractivity contribution in [2.75, 3.05) is 11.9 Å². The topological polar surface area (TPSA) is 12.0 Å². The Morgan fingerprint density at radius 2 is 2.19 bits per heavy atom. The summed E-state index contributed by atoms with van der Waals surface area (Å²) in [7, 11) is 0. The zero-order valence-electron chi connectivity index (χ0n) is 10.3. The van der Waals surface area contributed by atoms with Gasteiger partial charge in [0.2, 0.25) is 0 Å². The fourth-order valence-electron chi connectivity index (χ4n) is 2.93. The highest BCUT2D eigenvalue weighted by Crippen LogP contribution is 2.47. The smallest absolute Gasteiger partial charge is 0.0640 e. The predicted molar refractivity (Wildman–Crippen MR) is 71.4 cm³/mol. The van der Waals surface area contributed by atoms with Crippen LogP contribution in [0.3, 0.4) is 0 Å². The van der Waals surface area contributed by atoms with Crippen molar-refractivity contribution < 1.29 is 0 Å². The van der Waals surface area contributed by atoms with E-state index in [0.717, 1.165) is 17.3 Å². The first-order chi connectivity index (χ1) is 7.62. The van der Waals surface area contributed by atoms with Crippen molar-refractivity contribution in [1.29, 1.82) is 0 Å². The van der Waals surface area contributed by atoms with Gasteiger partial charge in [-0.1, -0.05) is 50.9 Å². The molecule has 0 aliphatic carbocycles. The van der Waals surface area contributed by atoms with Gasteiger partial charge in [0.25, 0.3) is 0 Å². The predicted octanol–water partition coefficient (Wildman–Crippen LogP) is 4.46. The second-order valence-electron chi connectivity index (χ2n) is 5.08. The third kappa shape index (κ3) is 1.62. The first-order valence-corrected chi connectivity index (χ1v) is 6.52. The molecule has 1 heterocycles. The second kappa shape index (κ2) is 4.29. The van der Waals surface area contributed by atoms with Gasteiger partial charge in [0.05, 0.1) is 10.7 Å². The molecule has 1 aromatic rings. The molecule has 0 fully saturated rings. The van der Waals surface area contributed by atoms with Crippen molar-refractivity contribution in [2.24, 2.45) is 5.92 Å². The standard InChI is InChI=1S/C14H20ClN/c1-4-8-14(10(2)3)9-16-13-11(14)6-5-7-12(13)15/h5-7,10,16H,4,8-9H2,1-3H3. The van der Waals surface area contributed by atoms with Gasteiger partial charge in [-0.2, -0.15) is 0 Å². The molecule has 0 saturated carbocycles. The van der Waals surface area contributed by atoms with Gasteiger partial charge in [0, 0.05) is 12.0 Å². The second-order valence-corrected chi connectivity index (χ2v) is 5.48. The summed E-state index contributed by atoms with van der Waals surface area (Å²) in [6, 6.07) is 6.27. The Morgan fingerprint density at radius 3 is 2.81 bits per heavy atom. The average Bonchev–Trinajstić information content (AvgIpc) is 2.61. The van der Waals surface area contributed by atoms with Crippen LogP contribution < -0.4 is 5.32 Å². The molecule has 1 aliphatic heterocycles. The lowest BCUT2D eigenvalue weighted by Gasteiger charge is -2.33. The molecular formula is C14H20ClN. The largest absolute Gasteiger partial charge is 0.383 e. The van der Waals surface area contributed by atoms with Crippen LogP contribution in [-0.4, -0.2) is 6.54 Å². The molecule has 1 aromatic carbocycles. The zero-order valence-corrected chi connectivity index (χ0v) is 11.1. The molecule has 16 heavy (non-hydrogen) atoms. The number of hydrogen-bond donors (Lipinski definition) is 1. The number of para-hydroxylation sites is 1. The van der Waals surface area contributed by atoms with E-state index < -0.39 is 0 Å². The van der Waals surface area contributed by atoms with Crippen molar-refractivity contribution in [3.05, 3.63) is 28.8 Å². The molecule has 1 N–H and O–H groups in total. The number of benzene rings is 1. The molecule has 1 aliphatic rings. The molecule has 0 radical (unpaired) electrons. The first-order valence-electron chi connectivity index (χ1n) is 6.14. The van der Waals surface area contributed by atoms with Gasteiger partial charge in [-0.3, -0.25) is 0 Å². The van der Waals surface area contributed by atoms with Crippen LogP contribution in [0.4, 0.5) is 5.69 Å². The lowest BCUT2D eigenvalue weighted by Crippen LogP contribution is -2.34. The minimum absolute atomic E-state index is 0.273. The highest BCUT2D eigenvalue weighted by Gasteiger charge is 2.41. The van der Waals surface area contributed by atoms with Crippen LogP contribution in [-0.2, 0) is 5.41 Å². The van der Waals surface area contributed by atoms with E-state index in [4.69, 9.17) is 11.6 Å². The summed E-state index contributed by atoms with van der Waals surface area (Å²) in [6.07, 6.45) is 2.44. The summed E-state index contributed by atoms with van der Waals surface area (Å²) in [5.74, 6) is 0.639. The fourth-order valence-corrected chi connectivity index (χ4v) is 3.17. The summed E-state index contributed by atoms with van der Waals surface area (Å²) < 4.78 is 0. The molecule has 88 valence electrons. The van der Waals surface area contributed by atoms with Gasteiger partial charge in [-0.05, 0) is 24.0 Å². The fraction of sp³-hybridized carbons (Fsp3) is 0.571. The molecule has 2 rings (SSSR count). The van der Waals surface area contributed by atoms with E-state index in [-0.39, 0.29) is 5.41 Å². The average molecular weight is 238 g/mol. The Bertz CT molecular complexity index is 386. The summed E-state index contributed by atoms with van der Waals surface area (Å²) in [5.41, 5.74) is 2.85. The number of hydrogen-bond acceptors (Lipinski definition) is 1. The Labute approximate surface area is 103 Å². The summed E-state index contributed by atoms with van der Waals surface area (Å²) in [5, 5.41) is 4.35. The van der Waals surface area contributed by atoms with Gasteiger partial charge < -0.3 is 5.32 Å². The van der Waals surface area contributed by atoms with Crippen molar-refractivity contribution >= 4 is 17.3 Å². The first kappa shape index (κ1) is 11.8. The van der Waals surface area contributed by atoms with Crippen molar-refractivity contribution in [1.82, 2.24) is 0 Å². The number of halogens is 1. The Balaban J connectivity index is 2.50. The van der Waals surface area contributed by atoms with Crippen LogP contribution in [0.25, 0.3) is 0 Å². The lowest BCUT2D eigenvalue weighted by atomic mass is 9.70. The maximum Gasteiger partial charge on any atom is 0.0640 e. The van der Waals surface area contributed by atoms with Gasteiger partial charge in [0.15, 0.2) is 0 Å². The monoisotopic (exact) mass is 237 g/mol. The quantitative estimate of drug-likeness (QED) is 0.819. The van der Waals surface area contributed by atoms with E-state index in [9.17, 15) is 0 Å². The molecule has 0 bridgehead atoms. The van der Waals surface area contributed by atoms with Crippen LogP contribution >= 0.6 is 11.6 Å². The minimum atomic E-state index is 0.273. The van der Waals surface area contributed by atoms with E-state index >= 15 is 0 Å². The van der Waals surface area contributed by atoms with E-state index in [2.05, 4.69) is 38.2 Å². The van der Waals surface area contributed by atoms with Gasteiger partial charge in [0.1, 0.15) is 0 Å². The zero-order chi connectivity index (χ0) is 11.8. The number of rotatable bonds is 3. The molecule has 2 heteroatoms. The Morgan fingerprint density at radius 1 is 1.44 bits per heavy atom. The number of nitrogens with one attached hydrogen (secondary N) is 1. The molecule has 1 nitrogen and oxygen atoms in total. The van der Waals surface area contributed by atoms with Crippen LogP contribution in [0.15, 0.2) is 18.2 Å². The highest BCUT2D eigenvalue weighted by atomic mass is 35.5. The van der Waals surface area contributed by atoms with Crippen molar-refractivity contribution in [3.63, 3.8) is 0 Å². The molecule has 0 aromatic heterocycles. The van der Waals surface area contributed by atoms with Crippen LogP contribution in [0.5, 0.6) is 0 Å². The van der Waals surface area contributed by atoms with E-state index in [0.29, 0.717) is 5.92 Å². The summed E-state index contributed by atoms with van der Waals surface area (Å²) in [6.45, 7) is 7.91. The van der Waals surface area contributed by atoms with E-state index in [1.807, 2.05) is 6.07 Å². The van der Waals surface area contributed by atoms with Crippen molar-refractivity contribution in [2.45, 2.75) is 39.0 Å². The maximum atomic E-state index is 6.24. The van der Waals surface area contributed by atoms with Gasteiger partial charge >= 0.3 is 0 Å². The third-order valence-corrected chi connectivity index (χ3v) is 4.25. The summed E-state index contributed by atoms with van der Waals surface area (Å²) >= 11 is 6.24. The highest BCUT2D eigenvalue weighted by molar-refractivity contribution is 6.33. The van der Waals surface area contributed by atoms with Crippen LogP contribution in [0.2, 0.25) is 5.02 Å². The minimum Gasteiger partial charge on any atom is -0.383 e. The molecule has 0 spiro atoms. The molecule has 1 unspecified atom stereocenters. The van der Waals surface area contributed by atoms with Gasteiger partial charge in [-0.25, -0.2) is 0 Å². The van der Waals surface area contributed by atoms with E-state index in [1.54, 1.807) is 0 Å². The lowest BCUT2D eigenvalue weighted by molar-refractivity contribution is 0.311. The Hall–Kier alpha value is -0.690. The molecule has 0 saturated heterocycles. The van der Waals surface area contributed by atoms with Gasteiger partial charge in [-0.15, -0.1) is 0 Å². The van der Waals surface area contributed by atoms with Crippen LogP contribution in [0, 0.1) is 5.92 Å². The van der Waals surface area contributed by atoms with Crippen molar-refractivity contribution in [3.8, 4) is 0 Å². The van der Waals surface area contributed by atoms with E-state index in [1.165, 1.54) is 18.4 Å². The van der Waals surface area contributed by atoms with Crippen LogP contribution in [0.1, 0.15) is 39.2 Å². The molecular weight excluding hydrogens is 218 g/mol. The number of fused-ring (bicyclic) bond motifs is 1. The normalized spacial score (nSPS) is 23.3. The summed E-state index contributed by atoms with van der Waals surface area (Å²) in [4.78, 5) is 0. The maximum absolute atomic E-state index is 6.24. The SMILES string of the molecule is CCCC1(C(C)C)CNc2c(Cl)cccc21. The molecule has 1 atom stereocenters. The Kier molecular flexibility index (Phi) is 3.16.